The highest BCUT2D eigenvalue weighted by Gasteiger charge is 2.17. The fourth-order valence-electron chi connectivity index (χ4n) is 2.20. The second-order valence-corrected chi connectivity index (χ2v) is 5.57. The number of rotatable bonds is 8. The fourth-order valence-corrected chi connectivity index (χ4v) is 2.20. The number of carbonyl (C=O) groups excluding carboxylic acids is 2. The molecule has 0 heterocycles. The van der Waals surface area contributed by atoms with Crippen LogP contribution in [0.2, 0.25) is 0 Å². The van der Waals surface area contributed by atoms with Crippen LogP contribution in [0.1, 0.15) is 18.1 Å². The normalized spacial score (nSPS) is 11.4. The van der Waals surface area contributed by atoms with E-state index in [-0.39, 0.29) is 5.91 Å². The van der Waals surface area contributed by atoms with Gasteiger partial charge in [0.15, 0.2) is 0 Å². The summed E-state index contributed by atoms with van der Waals surface area (Å²) in [6, 6.07) is 16.3. The Hall–Kier alpha value is -2.86. The van der Waals surface area contributed by atoms with Crippen LogP contribution in [0, 0.1) is 0 Å². The van der Waals surface area contributed by atoms with Crippen molar-refractivity contribution in [1.82, 2.24) is 10.6 Å². The molecule has 0 saturated carbocycles. The third-order valence-electron chi connectivity index (χ3n) is 3.51. The Balaban J connectivity index is 1.81. The molecule has 0 saturated heterocycles. The van der Waals surface area contributed by atoms with Gasteiger partial charge in [-0.2, -0.15) is 0 Å². The molecule has 132 valence electrons. The highest BCUT2D eigenvalue weighted by atomic mass is 16.5. The number of hydrogen-bond acceptors (Lipinski definition) is 4. The maximum atomic E-state index is 11.9. The minimum atomic E-state index is -0.939. The van der Waals surface area contributed by atoms with Crippen molar-refractivity contribution < 1.29 is 19.4 Å². The zero-order valence-electron chi connectivity index (χ0n) is 14.1. The van der Waals surface area contributed by atoms with Crippen molar-refractivity contribution in [2.45, 2.75) is 26.1 Å². The van der Waals surface area contributed by atoms with Crippen molar-refractivity contribution in [2.24, 2.45) is 0 Å². The van der Waals surface area contributed by atoms with E-state index in [1.54, 1.807) is 0 Å². The lowest BCUT2D eigenvalue weighted by Crippen LogP contribution is -2.48. The van der Waals surface area contributed by atoms with Crippen LogP contribution in [-0.4, -0.2) is 29.6 Å². The molecule has 25 heavy (non-hydrogen) atoms. The second kappa shape index (κ2) is 9.44. The first kappa shape index (κ1) is 18.5. The summed E-state index contributed by atoms with van der Waals surface area (Å²) in [5, 5.41) is 14.2. The van der Waals surface area contributed by atoms with Gasteiger partial charge < -0.3 is 20.5 Å². The van der Waals surface area contributed by atoms with E-state index in [0.717, 1.165) is 16.9 Å². The van der Waals surface area contributed by atoms with E-state index >= 15 is 0 Å². The Bertz CT molecular complexity index is 686. The molecule has 6 nitrogen and oxygen atoms in total. The smallest absolute Gasteiger partial charge is 0.245 e. The van der Waals surface area contributed by atoms with Gasteiger partial charge in [-0.1, -0.05) is 42.5 Å². The van der Waals surface area contributed by atoms with Gasteiger partial charge in [0.25, 0.3) is 0 Å². The van der Waals surface area contributed by atoms with Crippen LogP contribution in [-0.2, 0) is 22.7 Å². The van der Waals surface area contributed by atoms with Crippen LogP contribution >= 0.6 is 0 Å². The summed E-state index contributed by atoms with van der Waals surface area (Å²) in [6.45, 7) is 1.64. The molecular formula is C19H22N2O4. The molecule has 2 aromatic rings. The van der Waals surface area contributed by atoms with Gasteiger partial charge in [-0.05, 0) is 23.3 Å². The topological polar surface area (TPSA) is 87.7 Å². The molecule has 2 rings (SSSR count). The number of amides is 2. The molecule has 0 aliphatic heterocycles. The van der Waals surface area contributed by atoms with E-state index in [1.807, 2.05) is 54.6 Å². The summed E-state index contributed by atoms with van der Waals surface area (Å²) in [7, 11) is 0. The van der Waals surface area contributed by atoms with Crippen LogP contribution in [0.4, 0.5) is 0 Å². The van der Waals surface area contributed by atoms with E-state index in [2.05, 4.69) is 10.6 Å². The zero-order chi connectivity index (χ0) is 18.1. The van der Waals surface area contributed by atoms with E-state index in [0.29, 0.717) is 13.2 Å². The fraction of sp³-hybridized carbons (Fsp3) is 0.263. The van der Waals surface area contributed by atoms with Crippen molar-refractivity contribution >= 4 is 11.8 Å². The Morgan fingerprint density at radius 2 is 1.72 bits per heavy atom. The van der Waals surface area contributed by atoms with Gasteiger partial charge in [0.05, 0.1) is 6.61 Å². The molecule has 0 fully saturated rings. The summed E-state index contributed by atoms with van der Waals surface area (Å²) in [5.74, 6) is -0.0540. The average Bonchev–Trinajstić information content (AvgIpc) is 2.64. The first-order chi connectivity index (χ1) is 12.1. The molecule has 0 aliphatic rings. The predicted molar refractivity (Wildman–Crippen MR) is 93.8 cm³/mol. The monoisotopic (exact) mass is 342 g/mol. The maximum absolute atomic E-state index is 11.9. The van der Waals surface area contributed by atoms with Gasteiger partial charge in [-0.25, -0.2) is 0 Å². The van der Waals surface area contributed by atoms with Gasteiger partial charge in [0.2, 0.25) is 11.8 Å². The third-order valence-corrected chi connectivity index (χ3v) is 3.51. The van der Waals surface area contributed by atoms with Crippen LogP contribution in [0.15, 0.2) is 54.6 Å². The summed E-state index contributed by atoms with van der Waals surface area (Å²) in [4.78, 5) is 22.9. The van der Waals surface area contributed by atoms with E-state index in [1.165, 1.54) is 6.92 Å². The summed E-state index contributed by atoms with van der Waals surface area (Å²) in [5.41, 5.74) is 1.98. The van der Waals surface area contributed by atoms with Gasteiger partial charge in [0, 0.05) is 13.5 Å². The van der Waals surface area contributed by atoms with Crippen LogP contribution in [0.3, 0.4) is 0 Å². The highest BCUT2D eigenvalue weighted by molar-refractivity contribution is 5.86. The SMILES string of the molecule is CC(=O)N[C@H](CO)C(=O)NCc1ccc(OCc2ccccc2)cc1. The van der Waals surface area contributed by atoms with Crippen LogP contribution < -0.4 is 15.4 Å². The van der Waals surface area contributed by atoms with E-state index in [4.69, 9.17) is 9.84 Å². The lowest BCUT2D eigenvalue weighted by molar-refractivity contribution is -0.129. The van der Waals surface area contributed by atoms with Crippen molar-refractivity contribution in [3.63, 3.8) is 0 Å². The van der Waals surface area contributed by atoms with Crippen molar-refractivity contribution in [3.8, 4) is 5.75 Å². The predicted octanol–water partition coefficient (Wildman–Crippen LogP) is 1.38. The summed E-state index contributed by atoms with van der Waals surface area (Å²) in [6.07, 6.45) is 0. The molecule has 0 unspecified atom stereocenters. The number of aliphatic hydroxyl groups is 1. The minimum Gasteiger partial charge on any atom is -0.489 e. The summed E-state index contributed by atoms with van der Waals surface area (Å²) >= 11 is 0. The molecule has 0 aromatic heterocycles. The summed E-state index contributed by atoms with van der Waals surface area (Å²) < 4.78 is 5.70. The number of ether oxygens (including phenoxy) is 1. The standard InChI is InChI=1S/C19H22N2O4/c1-14(23)21-18(12-22)19(24)20-11-15-7-9-17(10-8-15)25-13-16-5-3-2-4-6-16/h2-10,18,22H,11-13H2,1H3,(H,20,24)(H,21,23)/t18-/m1/s1. The molecule has 2 aromatic carbocycles. The minimum absolute atomic E-state index is 0.299. The number of hydrogen-bond donors (Lipinski definition) is 3. The molecule has 0 bridgehead atoms. The Kier molecular flexibility index (Phi) is 6.98. The number of aliphatic hydroxyl groups excluding tert-OH is 1. The van der Waals surface area contributed by atoms with E-state index < -0.39 is 18.6 Å². The lowest BCUT2D eigenvalue weighted by Gasteiger charge is -2.15. The number of carbonyl (C=O) groups is 2. The van der Waals surface area contributed by atoms with Gasteiger partial charge in [-0.3, -0.25) is 9.59 Å². The second-order valence-electron chi connectivity index (χ2n) is 5.57. The number of benzene rings is 2. The molecule has 0 spiro atoms. The van der Waals surface area contributed by atoms with Crippen molar-refractivity contribution in [1.29, 1.82) is 0 Å². The molecule has 0 radical (unpaired) electrons. The van der Waals surface area contributed by atoms with Crippen LogP contribution in [0.5, 0.6) is 5.75 Å². The molecular weight excluding hydrogens is 320 g/mol. The molecule has 6 heteroatoms. The average molecular weight is 342 g/mol. The maximum Gasteiger partial charge on any atom is 0.245 e. The van der Waals surface area contributed by atoms with Gasteiger partial charge >= 0.3 is 0 Å². The van der Waals surface area contributed by atoms with Gasteiger partial charge in [-0.15, -0.1) is 0 Å². The third kappa shape index (κ3) is 6.27. The Labute approximate surface area is 146 Å². The first-order valence-corrected chi connectivity index (χ1v) is 8.00. The lowest BCUT2D eigenvalue weighted by atomic mass is 10.2. The quantitative estimate of drug-likeness (QED) is 0.676. The Morgan fingerprint density at radius 3 is 2.32 bits per heavy atom. The van der Waals surface area contributed by atoms with Crippen molar-refractivity contribution in [2.75, 3.05) is 6.61 Å². The van der Waals surface area contributed by atoms with E-state index in [9.17, 15) is 9.59 Å². The highest BCUT2D eigenvalue weighted by Crippen LogP contribution is 2.14. The Morgan fingerprint density at radius 1 is 1.04 bits per heavy atom. The van der Waals surface area contributed by atoms with Gasteiger partial charge in [0.1, 0.15) is 18.4 Å². The molecule has 2 amide bonds. The first-order valence-electron chi connectivity index (χ1n) is 8.00. The van der Waals surface area contributed by atoms with Crippen LogP contribution in [0.25, 0.3) is 0 Å². The largest absolute Gasteiger partial charge is 0.489 e. The van der Waals surface area contributed by atoms with Crippen molar-refractivity contribution in [3.05, 3.63) is 65.7 Å². The molecule has 0 aliphatic carbocycles. The zero-order valence-corrected chi connectivity index (χ0v) is 14.1. The molecule has 1 atom stereocenters. The number of nitrogens with one attached hydrogen (secondary N) is 2. The molecule has 3 N–H and O–H groups in total.